The predicted molar refractivity (Wildman–Crippen MR) is 92.0 cm³/mol. The minimum Gasteiger partial charge on any atom is -0.370 e. The molecule has 0 spiro atoms. The lowest BCUT2D eigenvalue weighted by molar-refractivity contribution is 0.802. The number of hydrogen-bond acceptors (Lipinski definition) is 3. The Kier molecular flexibility index (Phi) is 8.34. The van der Waals surface area contributed by atoms with Gasteiger partial charge in [-0.1, -0.05) is 26.8 Å². The van der Waals surface area contributed by atoms with Gasteiger partial charge in [-0.15, -0.1) is 24.0 Å². The van der Waals surface area contributed by atoms with Gasteiger partial charge in [-0.3, -0.25) is 4.99 Å². The Hall–Kier alpha value is -0.500. The first-order valence-corrected chi connectivity index (χ1v) is 6.58. The van der Waals surface area contributed by atoms with E-state index in [1.165, 1.54) is 0 Å². The quantitative estimate of drug-likeness (QED) is 0.365. The topological polar surface area (TPSA) is 63.3 Å². The van der Waals surface area contributed by atoms with Gasteiger partial charge in [0, 0.05) is 16.7 Å². The highest BCUT2D eigenvalue weighted by molar-refractivity contribution is 14.0. The molecule has 1 aromatic rings. The molecule has 6 heteroatoms. The fourth-order valence-corrected chi connectivity index (χ4v) is 1.92. The van der Waals surface area contributed by atoms with Crippen LogP contribution < -0.4 is 11.1 Å². The zero-order valence-electron chi connectivity index (χ0n) is 11.0. The molecular formula is C12H21IN4S. The average molecular weight is 380 g/mol. The Labute approximate surface area is 130 Å². The summed E-state index contributed by atoms with van der Waals surface area (Å²) < 4.78 is 0.276. The zero-order chi connectivity index (χ0) is 12.7. The van der Waals surface area contributed by atoms with Crippen molar-refractivity contribution in [1.82, 2.24) is 4.98 Å². The molecule has 1 heterocycles. The highest BCUT2D eigenvalue weighted by atomic mass is 127. The molecular weight excluding hydrogens is 359 g/mol. The highest BCUT2D eigenvalue weighted by Gasteiger charge is 2.09. The predicted octanol–water partition coefficient (Wildman–Crippen LogP) is 2.96. The van der Waals surface area contributed by atoms with Crippen LogP contribution in [0.3, 0.4) is 0 Å². The van der Waals surface area contributed by atoms with Crippen molar-refractivity contribution < 1.29 is 0 Å². The molecule has 0 atom stereocenters. The number of aliphatic imine (C=N–C) groups is 1. The molecule has 0 radical (unpaired) electrons. The lowest BCUT2D eigenvalue weighted by atomic mass is 10.3. The second kappa shape index (κ2) is 8.58. The highest BCUT2D eigenvalue weighted by Crippen LogP contribution is 2.22. The van der Waals surface area contributed by atoms with E-state index in [0.29, 0.717) is 12.5 Å². The van der Waals surface area contributed by atoms with E-state index in [2.05, 4.69) is 36.1 Å². The van der Waals surface area contributed by atoms with Gasteiger partial charge in [0.1, 0.15) is 5.82 Å². The van der Waals surface area contributed by atoms with Crippen LogP contribution in [0.25, 0.3) is 0 Å². The first-order chi connectivity index (χ1) is 7.97. The number of aromatic nitrogens is 1. The number of thioether (sulfide) groups is 1. The van der Waals surface area contributed by atoms with Crippen molar-refractivity contribution in [2.45, 2.75) is 25.5 Å². The SMILES string of the molecule is CC(C)(C)SCCN=C(N)Nc1ccccn1.I. The van der Waals surface area contributed by atoms with Crippen LogP contribution in [0.1, 0.15) is 20.8 Å². The van der Waals surface area contributed by atoms with Gasteiger partial charge in [0.15, 0.2) is 5.96 Å². The molecule has 0 aliphatic rings. The molecule has 102 valence electrons. The van der Waals surface area contributed by atoms with Crippen LogP contribution in [0.5, 0.6) is 0 Å². The standard InChI is InChI=1S/C12H20N4S.HI/c1-12(2,3)17-9-8-15-11(13)16-10-6-4-5-7-14-10;/h4-7H,8-9H2,1-3H3,(H3,13,14,15,16);1H. The molecule has 0 amide bonds. The number of nitrogens with two attached hydrogens (primary N) is 1. The fourth-order valence-electron chi connectivity index (χ4n) is 1.13. The Balaban J connectivity index is 0.00000289. The maximum absolute atomic E-state index is 5.75. The molecule has 0 bridgehead atoms. The monoisotopic (exact) mass is 380 g/mol. The van der Waals surface area contributed by atoms with Crippen molar-refractivity contribution in [1.29, 1.82) is 0 Å². The molecule has 0 saturated carbocycles. The summed E-state index contributed by atoms with van der Waals surface area (Å²) in [6.45, 7) is 7.29. The van der Waals surface area contributed by atoms with E-state index in [-0.39, 0.29) is 28.7 Å². The third-order valence-corrected chi connectivity index (χ3v) is 3.08. The van der Waals surface area contributed by atoms with Gasteiger partial charge in [0.2, 0.25) is 0 Å². The second-order valence-corrected chi connectivity index (χ2v) is 6.49. The largest absolute Gasteiger partial charge is 0.370 e. The van der Waals surface area contributed by atoms with Crippen LogP contribution in [0.2, 0.25) is 0 Å². The van der Waals surface area contributed by atoms with Crippen LogP contribution in [0.15, 0.2) is 29.4 Å². The number of rotatable bonds is 4. The van der Waals surface area contributed by atoms with E-state index >= 15 is 0 Å². The van der Waals surface area contributed by atoms with Crippen molar-refractivity contribution in [3.63, 3.8) is 0 Å². The zero-order valence-corrected chi connectivity index (χ0v) is 14.2. The van der Waals surface area contributed by atoms with E-state index in [4.69, 9.17) is 5.73 Å². The average Bonchev–Trinajstić information content (AvgIpc) is 2.25. The Morgan fingerprint density at radius 2 is 2.17 bits per heavy atom. The molecule has 0 aliphatic heterocycles. The summed E-state index contributed by atoms with van der Waals surface area (Å²) in [7, 11) is 0. The number of pyridine rings is 1. The minimum absolute atomic E-state index is 0. The number of hydrogen-bond donors (Lipinski definition) is 2. The van der Waals surface area contributed by atoms with Crippen LogP contribution in [-0.2, 0) is 0 Å². The van der Waals surface area contributed by atoms with Gasteiger partial charge >= 0.3 is 0 Å². The number of anilines is 1. The van der Waals surface area contributed by atoms with E-state index in [0.717, 1.165) is 11.6 Å². The van der Waals surface area contributed by atoms with E-state index < -0.39 is 0 Å². The summed E-state index contributed by atoms with van der Waals surface area (Å²) in [6.07, 6.45) is 1.71. The lowest BCUT2D eigenvalue weighted by Gasteiger charge is -2.16. The maximum atomic E-state index is 5.75. The third kappa shape index (κ3) is 8.57. The van der Waals surface area contributed by atoms with Gasteiger partial charge in [-0.25, -0.2) is 4.98 Å². The summed E-state index contributed by atoms with van der Waals surface area (Å²) >= 11 is 1.88. The summed E-state index contributed by atoms with van der Waals surface area (Å²) in [5, 5.41) is 2.95. The number of guanidine groups is 1. The molecule has 1 aromatic heterocycles. The van der Waals surface area contributed by atoms with Crippen LogP contribution in [0, 0.1) is 0 Å². The molecule has 4 nitrogen and oxygen atoms in total. The van der Waals surface area contributed by atoms with Crippen molar-refractivity contribution in [3.05, 3.63) is 24.4 Å². The Morgan fingerprint density at radius 1 is 1.44 bits per heavy atom. The van der Waals surface area contributed by atoms with Gasteiger partial charge in [0.05, 0.1) is 6.54 Å². The van der Waals surface area contributed by atoms with Gasteiger partial charge in [0.25, 0.3) is 0 Å². The Morgan fingerprint density at radius 3 is 2.72 bits per heavy atom. The molecule has 0 aromatic carbocycles. The van der Waals surface area contributed by atoms with Gasteiger partial charge in [-0.05, 0) is 12.1 Å². The van der Waals surface area contributed by atoms with Crippen LogP contribution in [0.4, 0.5) is 5.82 Å². The van der Waals surface area contributed by atoms with Crippen molar-refractivity contribution in [2.24, 2.45) is 10.7 Å². The minimum atomic E-state index is 0. The van der Waals surface area contributed by atoms with E-state index in [9.17, 15) is 0 Å². The fraction of sp³-hybridized carbons (Fsp3) is 0.500. The lowest BCUT2D eigenvalue weighted by Crippen LogP contribution is -2.23. The summed E-state index contributed by atoms with van der Waals surface area (Å²) in [6, 6.07) is 5.61. The van der Waals surface area contributed by atoms with Crippen molar-refractivity contribution in [3.8, 4) is 0 Å². The molecule has 0 saturated heterocycles. The van der Waals surface area contributed by atoms with E-state index in [1.54, 1.807) is 6.20 Å². The Bertz CT molecular complexity index is 362. The van der Waals surface area contributed by atoms with Crippen molar-refractivity contribution >= 4 is 47.5 Å². The molecule has 18 heavy (non-hydrogen) atoms. The number of halogens is 1. The first-order valence-electron chi connectivity index (χ1n) is 5.59. The molecule has 1 rings (SSSR count). The maximum Gasteiger partial charge on any atom is 0.194 e. The number of nitrogens with one attached hydrogen (secondary N) is 1. The molecule has 0 unspecified atom stereocenters. The third-order valence-electron chi connectivity index (χ3n) is 1.83. The second-order valence-electron chi connectivity index (χ2n) is 4.57. The normalized spacial score (nSPS) is 11.8. The first kappa shape index (κ1) is 17.5. The molecule has 0 fully saturated rings. The van der Waals surface area contributed by atoms with Crippen LogP contribution >= 0.6 is 35.7 Å². The molecule has 0 aliphatic carbocycles. The smallest absolute Gasteiger partial charge is 0.194 e. The van der Waals surface area contributed by atoms with Gasteiger partial charge < -0.3 is 11.1 Å². The van der Waals surface area contributed by atoms with Gasteiger partial charge in [-0.2, -0.15) is 11.8 Å². The summed E-state index contributed by atoms with van der Waals surface area (Å²) in [4.78, 5) is 8.35. The van der Waals surface area contributed by atoms with E-state index in [1.807, 2.05) is 30.0 Å². The summed E-state index contributed by atoms with van der Waals surface area (Å²) in [5.74, 6) is 2.10. The van der Waals surface area contributed by atoms with Crippen LogP contribution in [-0.4, -0.2) is 28.0 Å². The summed E-state index contributed by atoms with van der Waals surface area (Å²) in [5.41, 5.74) is 5.75. The number of nitrogens with zero attached hydrogens (tertiary/aromatic N) is 2. The van der Waals surface area contributed by atoms with Crippen molar-refractivity contribution in [2.75, 3.05) is 17.6 Å². The molecule has 3 N–H and O–H groups in total.